The fraction of sp³-hybridized carbons (Fsp3) is 0.500. The molecule has 128 valence electrons. The van der Waals surface area contributed by atoms with Gasteiger partial charge in [0.2, 0.25) is 5.91 Å². The first-order valence-corrected chi connectivity index (χ1v) is 7.27. The molecule has 1 atom stereocenters. The molecule has 0 spiro atoms. The van der Waals surface area contributed by atoms with Crippen LogP contribution in [0.15, 0.2) is 18.2 Å². The van der Waals surface area contributed by atoms with Crippen LogP contribution in [-0.4, -0.2) is 23.6 Å². The van der Waals surface area contributed by atoms with Crippen molar-refractivity contribution in [2.75, 3.05) is 0 Å². The summed E-state index contributed by atoms with van der Waals surface area (Å²) < 4.78 is 31.5. The zero-order valence-corrected chi connectivity index (χ0v) is 13.7. The van der Waals surface area contributed by atoms with Crippen LogP contribution in [0.3, 0.4) is 0 Å². The third-order valence-electron chi connectivity index (χ3n) is 2.74. The van der Waals surface area contributed by atoms with Gasteiger partial charge in [0.05, 0.1) is 0 Å². The van der Waals surface area contributed by atoms with Gasteiger partial charge in [0.15, 0.2) is 0 Å². The van der Waals surface area contributed by atoms with E-state index in [1.54, 1.807) is 27.7 Å². The summed E-state index contributed by atoms with van der Waals surface area (Å²) in [4.78, 5) is 23.3. The lowest BCUT2D eigenvalue weighted by Gasteiger charge is -2.21. The van der Waals surface area contributed by atoms with Crippen LogP contribution >= 0.6 is 0 Å². The summed E-state index contributed by atoms with van der Waals surface area (Å²) in [5.74, 6) is -1.56. The Morgan fingerprint density at radius 3 is 2.52 bits per heavy atom. The van der Waals surface area contributed by atoms with E-state index in [0.717, 1.165) is 18.2 Å². The second kappa shape index (κ2) is 7.89. The van der Waals surface area contributed by atoms with Crippen molar-refractivity contribution in [1.82, 2.24) is 10.6 Å². The highest BCUT2D eigenvalue weighted by molar-refractivity contribution is 5.77. The van der Waals surface area contributed by atoms with Crippen molar-refractivity contribution in [3.8, 4) is 0 Å². The molecule has 23 heavy (non-hydrogen) atoms. The Hall–Kier alpha value is -2.18. The molecule has 5 nitrogen and oxygen atoms in total. The minimum absolute atomic E-state index is 0.00379. The van der Waals surface area contributed by atoms with Crippen LogP contribution in [0.1, 0.15) is 39.7 Å². The number of halogens is 2. The van der Waals surface area contributed by atoms with Gasteiger partial charge in [-0.15, -0.1) is 0 Å². The minimum atomic E-state index is -0.624. The number of amides is 2. The molecule has 0 radical (unpaired) electrons. The van der Waals surface area contributed by atoms with Crippen LogP contribution < -0.4 is 10.6 Å². The van der Waals surface area contributed by atoms with E-state index in [1.807, 2.05) is 0 Å². The molecule has 0 heterocycles. The van der Waals surface area contributed by atoms with Crippen molar-refractivity contribution in [3.63, 3.8) is 0 Å². The van der Waals surface area contributed by atoms with Gasteiger partial charge in [-0.2, -0.15) is 0 Å². The average molecular weight is 328 g/mol. The van der Waals surface area contributed by atoms with Gasteiger partial charge < -0.3 is 15.4 Å². The smallest absolute Gasteiger partial charge is 0.407 e. The van der Waals surface area contributed by atoms with E-state index in [4.69, 9.17) is 4.74 Å². The number of hydrogen-bond acceptors (Lipinski definition) is 3. The molecule has 0 saturated carbocycles. The topological polar surface area (TPSA) is 67.4 Å². The summed E-state index contributed by atoms with van der Waals surface area (Å²) in [7, 11) is 0. The quantitative estimate of drug-likeness (QED) is 0.873. The zero-order chi connectivity index (χ0) is 17.6. The standard InChI is InChI=1S/C16H22F2N2O3/c1-10(20-15(22)23-16(2,3)4)7-14(21)19-9-11-8-12(17)5-6-13(11)18/h5-6,8,10H,7,9H2,1-4H3,(H,19,21)(H,20,22)/t10-/m1/s1. The first-order chi connectivity index (χ1) is 10.6. The second-order valence-corrected chi connectivity index (χ2v) is 6.26. The molecular weight excluding hydrogens is 306 g/mol. The Morgan fingerprint density at radius 2 is 1.91 bits per heavy atom. The van der Waals surface area contributed by atoms with Gasteiger partial charge in [-0.25, -0.2) is 13.6 Å². The Kier molecular flexibility index (Phi) is 6.48. The molecule has 0 aromatic heterocycles. The molecule has 0 unspecified atom stereocenters. The van der Waals surface area contributed by atoms with E-state index >= 15 is 0 Å². The highest BCUT2D eigenvalue weighted by atomic mass is 19.1. The molecule has 1 aromatic carbocycles. The summed E-state index contributed by atoms with van der Waals surface area (Å²) in [5.41, 5.74) is -0.563. The number of alkyl carbamates (subject to hydrolysis) is 1. The van der Waals surface area contributed by atoms with E-state index < -0.39 is 35.3 Å². The second-order valence-electron chi connectivity index (χ2n) is 6.26. The molecule has 2 amide bonds. The van der Waals surface area contributed by atoms with Crippen molar-refractivity contribution in [1.29, 1.82) is 0 Å². The summed E-state index contributed by atoms with van der Waals surface area (Å²) in [6, 6.07) is 2.58. The minimum Gasteiger partial charge on any atom is -0.444 e. The number of rotatable bonds is 5. The lowest BCUT2D eigenvalue weighted by atomic mass is 10.2. The highest BCUT2D eigenvalue weighted by Gasteiger charge is 2.19. The van der Waals surface area contributed by atoms with Gasteiger partial charge >= 0.3 is 6.09 Å². The maximum Gasteiger partial charge on any atom is 0.407 e. The van der Waals surface area contributed by atoms with Gasteiger partial charge in [0, 0.05) is 24.6 Å². The van der Waals surface area contributed by atoms with Gasteiger partial charge in [-0.1, -0.05) is 0 Å². The van der Waals surface area contributed by atoms with E-state index in [1.165, 1.54) is 0 Å². The summed E-state index contributed by atoms with van der Waals surface area (Å²) >= 11 is 0. The van der Waals surface area contributed by atoms with Crippen molar-refractivity contribution in [2.45, 2.75) is 52.3 Å². The Morgan fingerprint density at radius 1 is 1.26 bits per heavy atom. The van der Waals surface area contributed by atoms with E-state index in [0.29, 0.717) is 0 Å². The first kappa shape index (κ1) is 18.9. The van der Waals surface area contributed by atoms with Crippen LogP contribution in [0.2, 0.25) is 0 Å². The molecular formula is C16H22F2N2O3. The van der Waals surface area contributed by atoms with Crippen molar-refractivity contribution < 1.29 is 23.1 Å². The van der Waals surface area contributed by atoms with Crippen LogP contribution in [0.5, 0.6) is 0 Å². The van der Waals surface area contributed by atoms with Gasteiger partial charge in [0.25, 0.3) is 0 Å². The molecule has 0 aliphatic rings. The average Bonchev–Trinajstić information content (AvgIpc) is 2.37. The fourth-order valence-corrected chi connectivity index (χ4v) is 1.78. The van der Waals surface area contributed by atoms with Crippen LogP contribution in [0.25, 0.3) is 0 Å². The van der Waals surface area contributed by atoms with E-state index in [9.17, 15) is 18.4 Å². The maximum atomic E-state index is 13.4. The fourth-order valence-electron chi connectivity index (χ4n) is 1.78. The Bertz CT molecular complexity index is 571. The SMILES string of the molecule is C[C@H](CC(=O)NCc1cc(F)ccc1F)NC(=O)OC(C)(C)C. The molecule has 0 aliphatic carbocycles. The zero-order valence-electron chi connectivity index (χ0n) is 13.7. The maximum absolute atomic E-state index is 13.4. The summed E-state index contributed by atoms with van der Waals surface area (Å²) in [6.07, 6.45) is -0.620. The third kappa shape index (κ3) is 7.58. The summed E-state index contributed by atoms with van der Waals surface area (Å²) in [5, 5.41) is 5.01. The van der Waals surface area contributed by atoms with Crippen molar-refractivity contribution in [2.24, 2.45) is 0 Å². The number of carbonyl (C=O) groups excluding carboxylic acids is 2. The molecule has 2 N–H and O–H groups in total. The summed E-state index contributed by atoms with van der Waals surface area (Å²) in [6.45, 7) is 6.72. The van der Waals surface area contributed by atoms with E-state index in [2.05, 4.69) is 10.6 Å². The first-order valence-electron chi connectivity index (χ1n) is 7.27. The predicted octanol–water partition coefficient (Wildman–Crippen LogP) is 2.88. The molecule has 0 fully saturated rings. The van der Waals surface area contributed by atoms with Gasteiger partial charge in [-0.3, -0.25) is 4.79 Å². The van der Waals surface area contributed by atoms with Gasteiger partial charge in [-0.05, 0) is 45.9 Å². The highest BCUT2D eigenvalue weighted by Crippen LogP contribution is 2.10. The van der Waals surface area contributed by atoms with Crippen LogP contribution in [-0.2, 0) is 16.1 Å². The van der Waals surface area contributed by atoms with Crippen molar-refractivity contribution >= 4 is 12.0 Å². The Balaban J connectivity index is 2.41. The Labute approximate surface area is 134 Å². The molecule has 0 aliphatic heterocycles. The number of hydrogen-bond donors (Lipinski definition) is 2. The normalized spacial score (nSPS) is 12.4. The van der Waals surface area contributed by atoms with Crippen molar-refractivity contribution in [3.05, 3.63) is 35.4 Å². The molecule has 0 saturated heterocycles. The molecule has 1 rings (SSSR count). The predicted molar refractivity (Wildman–Crippen MR) is 81.7 cm³/mol. The number of carbonyl (C=O) groups is 2. The molecule has 7 heteroatoms. The van der Waals surface area contributed by atoms with E-state index in [-0.39, 0.29) is 18.5 Å². The number of ether oxygens (including phenoxy) is 1. The lowest BCUT2D eigenvalue weighted by Crippen LogP contribution is -2.40. The molecule has 0 bridgehead atoms. The largest absolute Gasteiger partial charge is 0.444 e. The monoisotopic (exact) mass is 328 g/mol. The number of nitrogens with one attached hydrogen (secondary N) is 2. The molecule has 1 aromatic rings. The number of benzene rings is 1. The van der Waals surface area contributed by atoms with Crippen LogP contribution in [0, 0.1) is 11.6 Å². The lowest BCUT2D eigenvalue weighted by molar-refractivity contribution is -0.121. The van der Waals surface area contributed by atoms with Gasteiger partial charge in [0.1, 0.15) is 17.2 Å². The van der Waals surface area contributed by atoms with Crippen LogP contribution in [0.4, 0.5) is 13.6 Å². The third-order valence-corrected chi connectivity index (χ3v) is 2.74.